The molecular formula is C16H19NO. The summed E-state index contributed by atoms with van der Waals surface area (Å²) in [6.07, 6.45) is 1.18. The van der Waals surface area contributed by atoms with Crippen LogP contribution in [0.1, 0.15) is 30.0 Å². The molecule has 2 aromatic carbocycles. The van der Waals surface area contributed by atoms with Gasteiger partial charge in [-0.3, -0.25) is 4.90 Å². The Balaban J connectivity index is 2.13. The largest absolute Gasteiger partial charge is 0.392 e. The van der Waals surface area contributed by atoms with Crippen LogP contribution in [0.4, 0.5) is 0 Å². The van der Waals surface area contributed by atoms with Gasteiger partial charge in [0.2, 0.25) is 0 Å². The molecule has 18 heavy (non-hydrogen) atoms. The van der Waals surface area contributed by atoms with Crippen molar-refractivity contribution in [1.82, 2.24) is 4.90 Å². The molecular weight excluding hydrogens is 222 g/mol. The number of fused-ring (bicyclic) bond motifs is 2. The summed E-state index contributed by atoms with van der Waals surface area (Å²) >= 11 is 0. The average Bonchev–Trinajstić information content (AvgIpc) is 2.78. The van der Waals surface area contributed by atoms with E-state index in [2.05, 4.69) is 36.1 Å². The second-order valence-electron chi connectivity index (χ2n) is 5.08. The average molecular weight is 241 g/mol. The molecule has 1 N–H and O–H groups in total. The molecule has 0 unspecified atom stereocenters. The van der Waals surface area contributed by atoms with Gasteiger partial charge in [-0.05, 0) is 46.5 Å². The zero-order chi connectivity index (χ0) is 12.5. The Morgan fingerprint density at radius 1 is 1.22 bits per heavy atom. The van der Waals surface area contributed by atoms with Crippen LogP contribution in [0.3, 0.4) is 0 Å². The van der Waals surface area contributed by atoms with Crippen LogP contribution in [0.2, 0.25) is 0 Å². The number of aliphatic hydroxyl groups excluding tert-OH is 1. The maximum atomic E-state index is 9.70. The van der Waals surface area contributed by atoms with Crippen molar-refractivity contribution in [2.75, 3.05) is 6.54 Å². The third-order valence-electron chi connectivity index (χ3n) is 3.84. The second-order valence-corrected chi connectivity index (χ2v) is 5.08. The normalized spacial score (nSPS) is 15.2. The minimum absolute atomic E-state index is 0.143. The highest BCUT2D eigenvalue weighted by atomic mass is 16.3. The van der Waals surface area contributed by atoms with Gasteiger partial charge in [-0.15, -0.1) is 0 Å². The first kappa shape index (κ1) is 11.7. The predicted molar refractivity (Wildman–Crippen MR) is 74.3 cm³/mol. The van der Waals surface area contributed by atoms with Crippen LogP contribution in [0.5, 0.6) is 0 Å². The molecule has 0 atom stereocenters. The first-order valence-corrected chi connectivity index (χ1v) is 6.69. The molecule has 0 spiro atoms. The van der Waals surface area contributed by atoms with Crippen LogP contribution in [-0.2, 0) is 19.7 Å². The Labute approximate surface area is 108 Å². The number of hydrogen-bond acceptors (Lipinski definition) is 2. The van der Waals surface area contributed by atoms with Gasteiger partial charge in [0.15, 0.2) is 0 Å². The topological polar surface area (TPSA) is 23.5 Å². The van der Waals surface area contributed by atoms with E-state index in [1.165, 1.54) is 28.3 Å². The Bertz CT molecular complexity index is 577. The standard InChI is InChI=1S/C16H19NO/c1-2-7-17-9-13-8-12-5-3-4-6-14(12)16(11-18)15(13)10-17/h3-6,8,18H,2,7,9-11H2,1H3. The van der Waals surface area contributed by atoms with E-state index in [4.69, 9.17) is 0 Å². The lowest BCUT2D eigenvalue weighted by molar-refractivity contribution is 0.272. The van der Waals surface area contributed by atoms with Gasteiger partial charge in [0.25, 0.3) is 0 Å². The summed E-state index contributed by atoms with van der Waals surface area (Å²) in [5.74, 6) is 0. The van der Waals surface area contributed by atoms with Crippen LogP contribution >= 0.6 is 0 Å². The molecule has 2 aromatic rings. The Morgan fingerprint density at radius 2 is 2.06 bits per heavy atom. The molecule has 1 heterocycles. The molecule has 0 saturated carbocycles. The minimum atomic E-state index is 0.143. The lowest BCUT2D eigenvalue weighted by Gasteiger charge is -2.12. The molecule has 0 aromatic heterocycles. The maximum absolute atomic E-state index is 9.70. The summed E-state index contributed by atoms with van der Waals surface area (Å²) in [6, 6.07) is 10.7. The zero-order valence-corrected chi connectivity index (χ0v) is 10.8. The lowest BCUT2D eigenvalue weighted by Crippen LogP contribution is -2.16. The van der Waals surface area contributed by atoms with E-state index in [0.29, 0.717) is 0 Å². The summed E-state index contributed by atoms with van der Waals surface area (Å²) in [7, 11) is 0. The summed E-state index contributed by atoms with van der Waals surface area (Å²) in [5, 5.41) is 12.2. The Kier molecular flexibility index (Phi) is 3.06. The molecule has 0 saturated heterocycles. The zero-order valence-electron chi connectivity index (χ0n) is 10.8. The van der Waals surface area contributed by atoms with Gasteiger partial charge < -0.3 is 5.11 Å². The summed E-state index contributed by atoms with van der Waals surface area (Å²) in [4.78, 5) is 2.46. The Morgan fingerprint density at radius 3 is 2.83 bits per heavy atom. The van der Waals surface area contributed by atoms with E-state index in [0.717, 1.165) is 25.2 Å². The number of nitrogens with zero attached hydrogens (tertiary/aromatic N) is 1. The van der Waals surface area contributed by atoms with Gasteiger partial charge in [0.1, 0.15) is 0 Å². The smallest absolute Gasteiger partial charge is 0.0691 e. The van der Waals surface area contributed by atoms with Crippen molar-refractivity contribution >= 4 is 10.8 Å². The molecule has 94 valence electrons. The highest BCUT2D eigenvalue weighted by Crippen LogP contribution is 2.32. The molecule has 0 amide bonds. The lowest BCUT2D eigenvalue weighted by atomic mass is 9.96. The van der Waals surface area contributed by atoms with E-state index < -0.39 is 0 Å². The van der Waals surface area contributed by atoms with Crippen LogP contribution < -0.4 is 0 Å². The van der Waals surface area contributed by atoms with Crippen LogP contribution in [0.25, 0.3) is 10.8 Å². The van der Waals surface area contributed by atoms with Crippen molar-refractivity contribution in [3.05, 3.63) is 47.0 Å². The van der Waals surface area contributed by atoms with Crippen molar-refractivity contribution in [1.29, 1.82) is 0 Å². The van der Waals surface area contributed by atoms with E-state index in [1.807, 2.05) is 6.07 Å². The predicted octanol–water partition coefficient (Wildman–Crippen LogP) is 3.06. The van der Waals surface area contributed by atoms with Gasteiger partial charge in [-0.25, -0.2) is 0 Å². The van der Waals surface area contributed by atoms with E-state index >= 15 is 0 Å². The van der Waals surface area contributed by atoms with Crippen molar-refractivity contribution < 1.29 is 5.11 Å². The third-order valence-corrected chi connectivity index (χ3v) is 3.84. The fourth-order valence-electron chi connectivity index (χ4n) is 3.04. The maximum Gasteiger partial charge on any atom is 0.0691 e. The molecule has 3 rings (SSSR count). The molecule has 1 aliphatic rings. The monoisotopic (exact) mass is 241 g/mol. The van der Waals surface area contributed by atoms with Crippen molar-refractivity contribution in [2.45, 2.75) is 33.0 Å². The quantitative estimate of drug-likeness (QED) is 0.892. The van der Waals surface area contributed by atoms with Crippen molar-refractivity contribution in [3.8, 4) is 0 Å². The van der Waals surface area contributed by atoms with Gasteiger partial charge in [0, 0.05) is 13.1 Å². The van der Waals surface area contributed by atoms with Gasteiger partial charge >= 0.3 is 0 Å². The van der Waals surface area contributed by atoms with Crippen LogP contribution in [-0.4, -0.2) is 16.6 Å². The minimum Gasteiger partial charge on any atom is -0.392 e. The molecule has 2 heteroatoms. The SMILES string of the molecule is CCCN1Cc2cc3ccccc3c(CO)c2C1. The highest BCUT2D eigenvalue weighted by molar-refractivity contribution is 5.88. The van der Waals surface area contributed by atoms with Crippen molar-refractivity contribution in [3.63, 3.8) is 0 Å². The van der Waals surface area contributed by atoms with Crippen molar-refractivity contribution in [2.24, 2.45) is 0 Å². The first-order valence-electron chi connectivity index (χ1n) is 6.69. The highest BCUT2D eigenvalue weighted by Gasteiger charge is 2.22. The molecule has 0 aliphatic carbocycles. The molecule has 0 radical (unpaired) electrons. The summed E-state index contributed by atoms with van der Waals surface area (Å²) in [6.45, 7) is 5.51. The Hall–Kier alpha value is -1.38. The summed E-state index contributed by atoms with van der Waals surface area (Å²) < 4.78 is 0. The number of hydrogen-bond donors (Lipinski definition) is 1. The van der Waals surface area contributed by atoms with Crippen LogP contribution in [0, 0.1) is 0 Å². The van der Waals surface area contributed by atoms with Gasteiger partial charge in [0.05, 0.1) is 6.61 Å². The van der Waals surface area contributed by atoms with Crippen LogP contribution in [0.15, 0.2) is 30.3 Å². The number of aliphatic hydroxyl groups is 1. The number of benzene rings is 2. The van der Waals surface area contributed by atoms with Gasteiger partial charge in [-0.1, -0.05) is 31.2 Å². The third kappa shape index (κ3) is 1.82. The molecule has 0 fully saturated rings. The summed E-state index contributed by atoms with van der Waals surface area (Å²) in [5.41, 5.74) is 3.87. The fourth-order valence-corrected chi connectivity index (χ4v) is 3.04. The van der Waals surface area contributed by atoms with E-state index in [1.54, 1.807) is 0 Å². The fraction of sp³-hybridized carbons (Fsp3) is 0.375. The molecule has 2 nitrogen and oxygen atoms in total. The van der Waals surface area contributed by atoms with Gasteiger partial charge in [-0.2, -0.15) is 0 Å². The van der Waals surface area contributed by atoms with E-state index in [9.17, 15) is 5.11 Å². The number of rotatable bonds is 3. The first-order chi connectivity index (χ1) is 8.83. The molecule has 1 aliphatic heterocycles. The molecule has 0 bridgehead atoms. The van der Waals surface area contributed by atoms with E-state index in [-0.39, 0.29) is 6.61 Å². The second kappa shape index (κ2) is 4.71.